The normalized spacial score (nSPS) is 11.1. The summed E-state index contributed by atoms with van der Waals surface area (Å²) >= 11 is 0. The molecule has 32 heavy (non-hydrogen) atoms. The molecule has 0 fully saturated rings. The van der Waals surface area contributed by atoms with Crippen LogP contribution in [0.4, 0.5) is 4.39 Å². The summed E-state index contributed by atoms with van der Waals surface area (Å²) in [5, 5.41) is 9.58. The van der Waals surface area contributed by atoms with Crippen LogP contribution in [0.1, 0.15) is 21.7 Å². The first kappa shape index (κ1) is 21.5. The first-order valence-electron chi connectivity index (χ1n) is 10.0. The summed E-state index contributed by atoms with van der Waals surface area (Å²) < 4.78 is 26.9. The molecule has 0 bridgehead atoms. The Hall–Kier alpha value is -3.78. The first-order valence-corrected chi connectivity index (χ1v) is 10.0. The number of methoxy groups -OCH3 is 2. The van der Waals surface area contributed by atoms with Crippen LogP contribution in [0.5, 0.6) is 5.88 Å². The minimum Gasteiger partial charge on any atom is -0.493 e. The lowest BCUT2D eigenvalue weighted by Gasteiger charge is -2.10. The van der Waals surface area contributed by atoms with Crippen molar-refractivity contribution in [2.24, 2.45) is 0 Å². The molecule has 2 aromatic heterocycles. The summed E-state index contributed by atoms with van der Waals surface area (Å²) in [5.41, 5.74) is 3.39. The highest BCUT2D eigenvalue weighted by atomic mass is 19.1. The molecule has 4 rings (SSSR count). The number of hydrogen-bond acceptors (Lipinski definition) is 6. The topological polar surface area (TPSA) is 86.5 Å². The Kier molecular flexibility index (Phi) is 6.13. The van der Waals surface area contributed by atoms with E-state index in [0.717, 1.165) is 5.52 Å². The molecule has 0 unspecified atom stereocenters. The molecular formula is C24H22FN3O4. The van der Waals surface area contributed by atoms with E-state index in [1.54, 1.807) is 49.6 Å². The number of aromatic hydroxyl groups is 1. The van der Waals surface area contributed by atoms with Gasteiger partial charge in [-0.25, -0.2) is 19.2 Å². The van der Waals surface area contributed by atoms with E-state index in [2.05, 4.69) is 9.97 Å². The Morgan fingerprint density at radius 2 is 1.94 bits per heavy atom. The lowest BCUT2D eigenvalue weighted by Crippen LogP contribution is -2.10. The van der Waals surface area contributed by atoms with E-state index in [1.807, 2.05) is 4.57 Å². The van der Waals surface area contributed by atoms with Gasteiger partial charge in [0.15, 0.2) is 0 Å². The van der Waals surface area contributed by atoms with Crippen molar-refractivity contribution in [2.45, 2.75) is 13.0 Å². The van der Waals surface area contributed by atoms with Gasteiger partial charge in [0.05, 0.1) is 36.0 Å². The highest BCUT2D eigenvalue weighted by Crippen LogP contribution is 2.25. The van der Waals surface area contributed by atoms with Crippen molar-refractivity contribution in [2.75, 3.05) is 20.8 Å². The predicted molar refractivity (Wildman–Crippen MR) is 117 cm³/mol. The van der Waals surface area contributed by atoms with Crippen molar-refractivity contribution in [1.82, 2.24) is 14.5 Å². The van der Waals surface area contributed by atoms with Gasteiger partial charge in [0.1, 0.15) is 11.6 Å². The molecule has 164 valence electrons. The molecule has 0 aliphatic carbocycles. The van der Waals surface area contributed by atoms with Gasteiger partial charge in [-0.05, 0) is 35.9 Å². The molecule has 0 saturated carbocycles. The molecule has 8 heteroatoms. The number of carbonyl (C=O) groups is 1. The molecule has 4 aromatic rings. The van der Waals surface area contributed by atoms with Crippen molar-refractivity contribution < 1.29 is 23.8 Å². The van der Waals surface area contributed by atoms with E-state index < -0.39 is 11.8 Å². The van der Waals surface area contributed by atoms with Gasteiger partial charge in [0.2, 0.25) is 5.88 Å². The second-order valence-corrected chi connectivity index (χ2v) is 7.23. The van der Waals surface area contributed by atoms with E-state index in [1.165, 1.54) is 19.2 Å². The zero-order valence-electron chi connectivity index (χ0n) is 17.7. The van der Waals surface area contributed by atoms with Crippen LogP contribution in [0.25, 0.3) is 22.3 Å². The molecule has 0 spiro atoms. The average molecular weight is 435 g/mol. The average Bonchev–Trinajstić information content (AvgIpc) is 3.14. The Bertz CT molecular complexity index is 1290. The van der Waals surface area contributed by atoms with Crippen LogP contribution < -0.4 is 0 Å². The fraction of sp³-hybridized carbons (Fsp3) is 0.208. The van der Waals surface area contributed by atoms with Crippen LogP contribution in [0.15, 0.2) is 54.6 Å². The van der Waals surface area contributed by atoms with E-state index in [0.29, 0.717) is 46.9 Å². The summed E-state index contributed by atoms with van der Waals surface area (Å²) in [6.45, 7) is 0.936. The fourth-order valence-electron chi connectivity index (χ4n) is 3.59. The third-order valence-electron chi connectivity index (χ3n) is 5.20. The van der Waals surface area contributed by atoms with Gasteiger partial charge in [0.25, 0.3) is 0 Å². The number of benzene rings is 2. The standard InChI is InChI=1S/C24H22FN3O4/c1-31-11-10-28-21-13-17(24(30)32-2)8-9-20(21)26-22(28)14-15-6-7-16(12-18(15)25)19-4-3-5-23(29)27-19/h3-9,12-13H,10-11,14H2,1-2H3,(H,27,29). The predicted octanol–water partition coefficient (Wildman–Crippen LogP) is 3.97. The highest BCUT2D eigenvalue weighted by Gasteiger charge is 2.16. The van der Waals surface area contributed by atoms with Crippen LogP contribution >= 0.6 is 0 Å². The van der Waals surface area contributed by atoms with Crippen LogP contribution in [0.2, 0.25) is 0 Å². The Morgan fingerprint density at radius 3 is 2.66 bits per heavy atom. The molecule has 0 radical (unpaired) electrons. The van der Waals surface area contributed by atoms with Crippen molar-refractivity contribution in [3.05, 3.63) is 77.4 Å². The number of rotatable bonds is 7. The molecule has 7 nitrogen and oxygen atoms in total. The number of aromatic nitrogens is 3. The van der Waals surface area contributed by atoms with Gasteiger partial charge in [-0.2, -0.15) is 0 Å². The summed E-state index contributed by atoms with van der Waals surface area (Å²) in [4.78, 5) is 20.6. The number of carbonyl (C=O) groups excluding carboxylic acids is 1. The molecule has 2 heterocycles. The fourth-order valence-corrected chi connectivity index (χ4v) is 3.59. The number of nitrogens with zero attached hydrogens (tertiary/aromatic N) is 3. The van der Waals surface area contributed by atoms with E-state index in [-0.39, 0.29) is 12.3 Å². The van der Waals surface area contributed by atoms with Gasteiger partial charge < -0.3 is 19.1 Å². The molecule has 0 amide bonds. The van der Waals surface area contributed by atoms with E-state index in [4.69, 9.17) is 9.47 Å². The van der Waals surface area contributed by atoms with Gasteiger partial charge in [0, 0.05) is 31.7 Å². The maximum Gasteiger partial charge on any atom is 0.337 e. The second kappa shape index (κ2) is 9.15. The van der Waals surface area contributed by atoms with Gasteiger partial charge in [-0.1, -0.05) is 18.2 Å². The first-order chi connectivity index (χ1) is 15.5. The van der Waals surface area contributed by atoms with Crippen molar-refractivity contribution >= 4 is 17.0 Å². The smallest absolute Gasteiger partial charge is 0.337 e. The molecule has 2 aromatic carbocycles. The maximum absolute atomic E-state index is 15.0. The minimum atomic E-state index is -0.435. The van der Waals surface area contributed by atoms with Crippen molar-refractivity contribution in [3.8, 4) is 17.1 Å². The highest BCUT2D eigenvalue weighted by molar-refractivity contribution is 5.93. The Balaban J connectivity index is 1.70. The van der Waals surface area contributed by atoms with E-state index >= 15 is 0 Å². The SMILES string of the molecule is COCCn1c(Cc2ccc(-c3cccc(O)n3)cc2F)nc2ccc(C(=O)OC)cc21. The van der Waals surface area contributed by atoms with Crippen molar-refractivity contribution in [3.63, 3.8) is 0 Å². The molecular weight excluding hydrogens is 413 g/mol. The monoisotopic (exact) mass is 435 g/mol. The second-order valence-electron chi connectivity index (χ2n) is 7.23. The van der Waals surface area contributed by atoms with Crippen molar-refractivity contribution in [1.29, 1.82) is 0 Å². The third-order valence-corrected chi connectivity index (χ3v) is 5.20. The Labute approximate surface area is 184 Å². The number of imidazole rings is 1. The quantitative estimate of drug-likeness (QED) is 0.442. The Morgan fingerprint density at radius 1 is 1.09 bits per heavy atom. The van der Waals surface area contributed by atoms with Gasteiger partial charge in [-0.15, -0.1) is 0 Å². The number of ether oxygens (including phenoxy) is 2. The zero-order chi connectivity index (χ0) is 22.7. The largest absolute Gasteiger partial charge is 0.493 e. The van der Waals surface area contributed by atoms with Gasteiger partial charge >= 0.3 is 5.97 Å². The maximum atomic E-state index is 15.0. The number of fused-ring (bicyclic) bond motifs is 1. The molecule has 0 aliphatic heterocycles. The van der Waals surface area contributed by atoms with Crippen LogP contribution in [0, 0.1) is 5.82 Å². The summed E-state index contributed by atoms with van der Waals surface area (Å²) in [7, 11) is 2.94. The van der Waals surface area contributed by atoms with Crippen LogP contribution in [0.3, 0.4) is 0 Å². The lowest BCUT2D eigenvalue weighted by atomic mass is 10.1. The summed E-state index contributed by atoms with van der Waals surface area (Å²) in [6, 6.07) is 14.8. The number of hydrogen-bond donors (Lipinski definition) is 1. The van der Waals surface area contributed by atoms with Crippen LogP contribution in [-0.2, 0) is 22.4 Å². The number of esters is 1. The minimum absolute atomic E-state index is 0.120. The molecule has 0 saturated heterocycles. The third kappa shape index (κ3) is 4.31. The van der Waals surface area contributed by atoms with E-state index in [9.17, 15) is 14.3 Å². The number of halogens is 1. The molecule has 0 atom stereocenters. The molecule has 0 aliphatic rings. The summed E-state index contributed by atoms with van der Waals surface area (Å²) in [6.07, 6.45) is 0.255. The lowest BCUT2D eigenvalue weighted by molar-refractivity contribution is 0.0601. The van der Waals surface area contributed by atoms with Crippen LogP contribution in [-0.4, -0.2) is 46.4 Å². The zero-order valence-corrected chi connectivity index (χ0v) is 17.7. The number of pyridine rings is 1. The van der Waals surface area contributed by atoms with Gasteiger partial charge in [-0.3, -0.25) is 0 Å². The summed E-state index contributed by atoms with van der Waals surface area (Å²) in [5.74, 6) is -0.297. The molecule has 1 N–H and O–H groups in total.